The van der Waals surface area contributed by atoms with Crippen molar-refractivity contribution in [3.63, 3.8) is 0 Å². The van der Waals surface area contributed by atoms with Crippen molar-refractivity contribution < 1.29 is 22.7 Å². The molecule has 6 heteroatoms. The number of allylic oxidation sites excluding steroid dienone is 1. The fourth-order valence-corrected chi connectivity index (χ4v) is 3.81. The van der Waals surface area contributed by atoms with Crippen molar-refractivity contribution in [3.05, 3.63) is 89.7 Å². The van der Waals surface area contributed by atoms with E-state index in [0.717, 1.165) is 39.8 Å². The molecule has 0 spiro atoms. The summed E-state index contributed by atoms with van der Waals surface area (Å²) in [7, 11) is 0. The molecule has 4 rings (SSSR count). The molecule has 0 atom stereocenters. The molecular weight excluding hydrogens is 424 g/mol. The van der Waals surface area contributed by atoms with Gasteiger partial charge in [-0.1, -0.05) is 30.3 Å². The van der Waals surface area contributed by atoms with Crippen LogP contribution in [0.1, 0.15) is 25.0 Å². The summed E-state index contributed by atoms with van der Waals surface area (Å²) in [4.78, 5) is 12.6. The summed E-state index contributed by atoms with van der Waals surface area (Å²) in [5.74, 6) is -1.47. The van der Waals surface area contributed by atoms with E-state index in [-0.39, 0.29) is 5.69 Å². The summed E-state index contributed by atoms with van der Waals surface area (Å²) in [6.45, 7) is 6.02. The van der Waals surface area contributed by atoms with E-state index < -0.39 is 17.5 Å². The molecule has 168 valence electrons. The molecule has 0 radical (unpaired) electrons. The number of benzene rings is 3. The van der Waals surface area contributed by atoms with Crippen molar-refractivity contribution in [3.8, 4) is 16.9 Å². The Morgan fingerprint density at radius 3 is 2.58 bits per heavy atom. The molecule has 0 saturated carbocycles. The van der Waals surface area contributed by atoms with E-state index in [1.807, 2.05) is 50.2 Å². The van der Waals surface area contributed by atoms with Crippen molar-refractivity contribution in [2.45, 2.75) is 20.8 Å². The Hall–Kier alpha value is -3.93. The fraction of sp³-hybridized carbons (Fsp3) is 0.148. The largest absolute Gasteiger partial charge is 0.493 e. The maximum atomic E-state index is 13.9. The van der Waals surface area contributed by atoms with Crippen LogP contribution in [-0.4, -0.2) is 12.5 Å². The van der Waals surface area contributed by atoms with Crippen LogP contribution in [0, 0.1) is 18.6 Å². The number of aryl methyl sites for hydroxylation is 1. The molecule has 0 aliphatic rings. The maximum Gasteiger partial charge on any atom is 0.248 e. The predicted molar refractivity (Wildman–Crippen MR) is 126 cm³/mol. The standard InChI is InChI=1S/C27H23F2NO3/c1-4-32-26-17(3)27-21(22(15-33-27)18-8-6-5-7-9-18)14-20(26)16(2)12-25(31)30-24-11-10-19(28)13-23(24)29/h5-15H,4H2,1-3H3,(H,30,31)/b16-12+. The number of furan rings is 1. The summed E-state index contributed by atoms with van der Waals surface area (Å²) in [5.41, 5.74) is 4.75. The normalized spacial score (nSPS) is 11.6. The first-order valence-corrected chi connectivity index (χ1v) is 10.6. The van der Waals surface area contributed by atoms with Crippen molar-refractivity contribution in [2.24, 2.45) is 0 Å². The van der Waals surface area contributed by atoms with Gasteiger partial charge in [0.05, 0.1) is 18.6 Å². The Morgan fingerprint density at radius 1 is 1.12 bits per heavy atom. The van der Waals surface area contributed by atoms with Crippen LogP contribution in [-0.2, 0) is 4.79 Å². The van der Waals surface area contributed by atoms with Crippen molar-refractivity contribution in [1.82, 2.24) is 0 Å². The average Bonchev–Trinajstić information content (AvgIpc) is 3.22. The molecule has 1 amide bonds. The van der Waals surface area contributed by atoms with Gasteiger partial charge in [0.2, 0.25) is 5.91 Å². The number of halogens is 2. The fourth-order valence-electron chi connectivity index (χ4n) is 3.81. The summed E-state index contributed by atoms with van der Waals surface area (Å²) < 4.78 is 38.9. The lowest BCUT2D eigenvalue weighted by Crippen LogP contribution is -2.10. The summed E-state index contributed by atoms with van der Waals surface area (Å²) in [6, 6.07) is 14.8. The van der Waals surface area contributed by atoms with Crippen LogP contribution >= 0.6 is 0 Å². The lowest BCUT2D eigenvalue weighted by Gasteiger charge is -2.15. The Balaban J connectivity index is 1.77. The second-order valence-corrected chi connectivity index (χ2v) is 7.64. The highest BCUT2D eigenvalue weighted by atomic mass is 19.1. The van der Waals surface area contributed by atoms with Crippen LogP contribution in [0.5, 0.6) is 5.75 Å². The summed E-state index contributed by atoms with van der Waals surface area (Å²) >= 11 is 0. The van der Waals surface area contributed by atoms with Gasteiger partial charge in [0, 0.05) is 34.2 Å². The molecule has 1 aromatic heterocycles. The van der Waals surface area contributed by atoms with Gasteiger partial charge < -0.3 is 14.5 Å². The third-order valence-electron chi connectivity index (χ3n) is 5.38. The van der Waals surface area contributed by atoms with Gasteiger partial charge in [0.1, 0.15) is 23.0 Å². The zero-order valence-electron chi connectivity index (χ0n) is 18.5. The zero-order valence-corrected chi connectivity index (χ0v) is 18.5. The van der Waals surface area contributed by atoms with Gasteiger partial charge in [-0.25, -0.2) is 8.78 Å². The molecule has 0 aliphatic carbocycles. The predicted octanol–water partition coefficient (Wildman–Crippen LogP) is 7.13. The molecule has 3 aromatic carbocycles. The number of hydrogen-bond acceptors (Lipinski definition) is 3. The minimum atomic E-state index is -0.840. The Morgan fingerprint density at radius 2 is 1.88 bits per heavy atom. The number of rotatable bonds is 6. The summed E-state index contributed by atoms with van der Waals surface area (Å²) in [6.07, 6.45) is 3.09. The summed E-state index contributed by atoms with van der Waals surface area (Å²) in [5, 5.41) is 3.36. The highest BCUT2D eigenvalue weighted by Gasteiger charge is 2.19. The molecule has 33 heavy (non-hydrogen) atoms. The maximum absolute atomic E-state index is 13.9. The number of carbonyl (C=O) groups is 1. The molecule has 0 saturated heterocycles. The first-order chi connectivity index (χ1) is 15.9. The molecule has 0 bridgehead atoms. The number of amides is 1. The number of carbonyl (C=O) groups excluding carboxylic acids is 1. The first kappa shape index (κ1) is 22.3. The Kier molecular flexibility index (Phi) is 6.27. The van der Waals surface area contributed by atoms with Crippen LogP contribution in [0.2, 0.25) is 0 Å². The monoisotopic (exact) mass is 447 g/mol. The van der Waals surface area contributed by atoms with E-state index >= 15 is 0 Å². The molecule has 0 unspecified atom stereocenters. The van der Waals surface area contributed by atoms with Gasteiger partial charge in [-0.15, -0.1) is 0 Å². The number of hydrogen-bond donors (Lipinski definition) is 1. The number of anilines is 1. The molecule has 0 fully saturated rings. The smallest absolute Gasteiger partial charge is 0.248 e. The second-order valence-electron chi connectivity index (χ2n) is 7.64. The van der Waals surface area contributed by atoms with Gasteiger partial charge in [0.15, 0.2) is 0 Å². The third kappa shape index (κ3) is 4.51. The van der Waals surface area contributed by atoms with E-state index in [1.54, 1.807) is 13.2 Å². The van der Waals surface area contributed by atoms with Crippen LogP contribution in [0.25, 0.3) is 27.7 Å². The second kappa shape index (κ2) is 9.28. The SMILES string of the molecule is CCOc1c(/C(C)=C/C(=O)Nc2ccc(F)cc2F)cc2c(-c3ccccc3)coc2c1C. The van der Waals surface area contributed by atoms with Crippen LogP contribution in [0.3, 0.4) is 0 Å². The lowest BCUT2D eigenvalue weighted by atomic mass is 9.96. The topological polar surface area (TPSA) is 51.5 Å². The van der Waals surface area contributed by atoms with E-state index in [1.165, 1.54) is 12.1 Å². The highest BCUT2D eigenvalue weighted by Crippen LogP contribution is 2.40. The highest BCUT2D eigenvalue weighted by molar-refractivity contribution is 6.06. The quantitative estimate of drug-likeness (QED) is 0.320. The van der Waals surface area contributed by atoms with E-state index in [9.17, 15) is 13.6 Å². The molecule has 0 aliphatic heterocycles. The van der Waals surface area contributed by atoms with Crippen LogP contribution in [0.4, 0.5) is 14.5 Å². The van der Waals surface area contributed by atoms with Crippen molar-refractivity contribution in [2.75, 3.05) is 11.9 Å². The molecule has 4 aromatic rings. The number of ether oxygens (including phenoxy) is 1. The van der Waals surface area contributed by atoms with E-state index in [2.05, 4.69) is 5.32 Å². The molecule has 4 nitrogen and oxygen atoms in total. The molecule has 1 N–H and O–H groups in total. The third-order valence-corrected chi connectivity index (χ3v) is 5.38. The zero-order chi connectivity index (χ0) is 23.5. The van der Waals surface area contributed by atoms with Gasteiger partial charge in [-0.3, -0.25) is 4.79 Å². The number of nitrogens with one attached hydrogen (secondary N) is 1. The lowest BCUT2D eigenvalue weighted by molar-refractivity contribution is -0.111. The number of fused-ring (bicyclic) bond motifs is 1. The van der Waals surface area contributed by atoms with Crippen LogP contribution in [0.15, 0.2) is 71.4 Å². The van der Waals surface area contributed by atoms with E-state index in [0.29, 0.717) is 23.5 Å². The minimum Gasteiger partial charge on any atom is -0.493 e. The van der Waals surface area contributed by atoms with E-state index in [4.69, 9.17) is 9.15 Å². The van der Waals surface area contributed by atoms with Crippen LogP contribution < -0.4 is 10.1 Å². The first-order valence-electron chi connectivity index (χ1n) is 10.6. The van der Waals surface area contributed by atoms with Gasteiger partial charge in [0.25, 0.3) is 0 Å². The molecule has 1 heterocycles. The average molecular weight is 447 g/mol. The Bertz CT molecular complexity index is 1360. The van der Waals surface area contributed by atoms with Gasteiger partial charge in [-0.05, 0) is 50.1 Å². The molecular formula is C27H23F2NO3. The minimum absolute atomic E-state index is 0.0942. The van der Waals surface area contributed by atoms with Crippen molar-refractivity contribution in [1.29, 1.82) is 0 Å². The van der Waals surface area contributed by atoms with Gasteiger partial charge >= 0.3 is 0 Å². The van der Waals surface area contributed by atoms with Crippen molar-refractivity contribution >= 4 is 28.1 Å². The Labute approximate surface area is 190 Å². The van der Waals surface area contributed by atoms with Gasteiger partial charge in [-0.2, -0.15) is 0 Å².